The van der Waals surface area contributed by atoms with E-state index in [1.165, 1.54) is 11.1 Å². The summed E-state index contributed by atoms with van der Waals surface area (Å²) in [7, 11) is 0. The fourth-order valence-electron chi connectivity index (χ4n) is 3.55. The summed E-state index contributed by atoms with van der Waals surface area (Å²) in [6.07, 6.45) is 1.80. The zero-order valence-corrected chi connectivity index (χ0v) is 14.7. The second-order valence-electron chi connectivity index (χ2n) is 6.73. The smallest absolute Gasteiger partial charge is 0.127 e. The van der Waals surface area contributed by atoms with Gasteiger partial charge in [0.25, 0.3) is 0 Å². The molecule has 0 aliphatic carbocycles. The van der Waals surface area contributed by atoms with Crippen molar-refractivity contribution in [1.29, 1.82) is 0 Å². The molecular weight excluding hydrogens is 298 g/mol. The summed E-state index contributed by atoms with van der Waals surface area (Å²) in [5, 5.41) is 0. The van der Waals surface area contributed by atoms with E-state index in [0.717, 1.165) is 38.4 Å². The SMILES string of the molecule is C[C@@H]1C[NH+](CCCOc2ccccc2-c2ccccc2)C[C@H](C)O1. The zero-order valence-electron chi connectivity index (χ0n) is 14.7. The van der Waals surface area contributed by atoms with Crippen molar-refractivity contribution in [3.8, 4) is 16.9 Å². The number of hydrogen-bond donors (Lipinski definition) is 1. The summed E-state index contributed by atoms with van der Waals surface area (Å²) in [6.45, 7) is 8.45. The van der Waals surface area contributed by atoms with Crippen LogP contribution in [0.15, 0.2) is 54.6 Å². The summed E-state index contributed by atoms with van der Waals surface area (Å²) < 4.78 is 11.9. The van der Waals surface area contributed by atoms with E-state index in [-0.39, 0.29) is 0 Å². The number of ether oxygens (including phenoxy) is 2. The van der Waals surface area contributed by atoms with Crippen LogP contribution in [0.2, 0.25) is 0 Å². The van der Waals surface area contributed by atoms with E-state index in [9.17, 15) is 0 Å². The molecule has 1 fully saturated rings. The number of quaternary nitrogens is 1. The molecule has 24 heavy (non-hydrogen) atoms. The number of rotatable bonds is 6. The van der Waals surface area contributed by atoms with Crippen molar-refractivity contribution >= 4 is 0 Å². The lowest BCUT2D eigenvalue weighted by atomic mass is 10.1. The Kier molecular flexibility index (Phi) is 5.89. The molecular formula is C21H28NO2+. The van der Waals surface area contributed by atoms with Crippen molar-refractivity contribution in [3.63, 3.8) is 0 Å². The zero-order chi connectivity index (χ0) is 16.8. The minimum Gasteiger partial charge on any atom is -0.493 e. The van der Waals surface area contributed by atoms with Crippen LogP contribution < -0.4 is 9.64 Å². The number of hydrogen-bond acceptors (Lipinski definition) is 2. The predicted molar refractivity (Wildman–Crippen MR) is 97.6 cm³/mol. The fraction of sp³-hybridized carbons (Fsp3) is 0.429. The molecule has 1 aliphatic rings. The number of morpholine rings is 1. The molecule has 128 valence electrons. The first-order chi connectivity index (χ1) is 11.7. The second kappa shape index (κ2) is 8.32. The lowest BCUT2D eigenvalue weighted by Gasteiger charge is -2.32. The third-order valence-electron chi connectivity index (χ3n) is 4.52. The van der Waals surface area contributed by atoms with Gasteiger partial charge in [-0.3, -0.25) is 0 Å². The molecule has 2 aromatic rings. The molecule has 3 atom stereocenters. The van der Waals surface area contributed by atoms with Crippen LogP contribution in [0.3, 0.4) is 0 Å². The van der Waals surface area contributed by atoms with Crippen LogP contribution in [0.4, 0.5) is 0 Å². The van der Waals surface area contributed by atoms with Crippen molar-refractivity contribution in [1.82, 2.24) is 0 Å². The Balaban J connectivity index is 1.52. The number of para-hydroxylation sites is 1. The van der Waals surface area contributed by atoms with Gasteiger partial charge in [-0.1, -0.05) is 48.5 Å². The molecule has 0 saturated carbocycles. The monoisotopic (exact) mass is 326 g/mol. The van der Waals surface area contributed by atoms with Crippen molar-refractivity contribution in [3.05, 3.63) is 54.6 Å². The minimum atomic E-state index is 0.364. The molecule has 0 bridgehead atoms. The van der Waals surface area contributed by atoms with E-state index in [1.807, 2.05) is 12.1 Å². The van der Waals surface area contributed by atoms with Gasteiger partial charge in [0.05, 0.1) is 13.2 Å². The van der Waals surface area contributed by atoms with Crippen LogP contribution >= 0.6 is 0 Å². The van der Waals surface area contributed by atoms with Gasteiger partial charge in [0.15, 0.2) is 0 Å². The topological polar surface area (TPSA) is 22.9 Å². The quantitative estimate of drug-likeness (QED) is 0.825. The molecule has 1 N–H and O–H groups in total. The maximum absolute atomic E-state index is 6.09. The van der Waals surface area contributed by atoms with Gasteiger partial charge in [0.2, 0.25) is 0 Å². The van der Waals surface area contributed by atoms with Gasteiger partial charge in [-0.05, 0) is 25.5 Å². The molecule has 1 heterocycles. The third-order valence-corrected chi connectivity index (χ3v) is 4.52. The molecule has 0 aromatic heterocycles. The van der Waals surface area contributed by atoms with Crippen LogP contribution in [0.25, 0.3) is 11.1 Å². The maximum Gasteiger partial charge on any atom is 0.127 e. The molecule has 3 nitrogen and oxygen atoms in total. The first-order valence-corrected chi connectivity index (χ1v) is 8.98. The Morgan fingerprint density at radius 2 is 1.62 bits per heavy atom. The summed E-state index contributed by atoms with van der Waals surface area (Å²) in [6, 6.07) is 18.7. The Bertz CT molecular complexity index is 619. The second-order valence-corrected chi connectivity index (χ2v) is 6.73. The highest BCUT2D eigenvalue weighted by atomic mass is 16.5. The van der Waals surface area contributed by atoms with Gasteiger partial charge in [-0.25, -0.2) is 0 Å². The van der Waals surface area contributed by atoms with Gasteiger partial charge in [0, 0.05) is 12.0 Å². The van der Waals surface area contributed by atoms with E-state index in [1.54, 1.807) is 4.90 Å². The van der Waals surface area contributed by atoms with Gasteiger partial charge < -0.3 is 14.4 Å². The summed E-state index contributed by atoms with van der Waals surface area (Å²) in [4.78, 5) is 1.63. The van der Waals surface area contributed by atoms with Gasteiger partial charge in [-0.15, -0.1) is 0 Å². The van der Waals surface area contributed by atoms with Crippen molar-refractivity contribution in [2.75, 3.05) is 26.2 Å². The van der Waals surface area contributed by atoms with Crippen LogP contribution in [0.5, 0.6) is 5.75 Å². The van der Waals surface area contributed by atoms with Gasteiger partial charge >= 0.3 is 0 Å². The number of benzene rings is 2. The predicted octanol–water partition coefficient (Wildman–Crippen LogP) is 2.81. The fourth-order valence-corrected chi connectivity index (χ4v) is 3.55. The van der Waals surface area contributed by atoms with E-state index in [4.69, 9.17) is 9.47 Å². The highest BCUT2D eigenvalue weighted by Gasteiger charge is 2.24. The minimum absolute atomic E-state index is 0.364. The van der Waals surface area contributed by atoms with Gasteiger partial charge in [0.1, 0.15) is 31.0 Å². The Morgan fingerprint density at radius 3 is 2.38 bits per heavy atom. The Hall–Kier alpha value is -1.84. The summed E-state index contributed by atoms with van der Waals surface area (Å²) >= 11 is 0. The van der Waals surface area contributed by atoms with Crippen LogP contribution in [-0.4, -0.2) is 38.4 Å². The average Bonchev–Trinajstić information content (AvgIpc) is 2.59. The lowest BCUT2D eigenvalue weighted by molar-refractivity contribution is -0.915. The van der Waals surface area contributed by atoms with Crippen LogP contribution in [-0.2, 0) is 4.74 Å². The molecule has 1 saturated heterocycles. The molecule has 2 aromatic carbocycles. The van der Waals surface area contributed by atoms with Crippen molar-refractivity contribution in [2.24, 2.45) is 0 Å². The van der Waals surface area contributed by atoms with Gasteiger partial charge in [-0.2, -0.15) is 0 Å². The molecule has 0 spiro atoms. The summed E-state index contributed by atoms with van der Waals surface area (Å²) in [5.74, 6) is 0.974. The van der Waals surface area contributed by atoms with Crippen molar-refractivity contribution in [2.45, 2.75) is 32.5 Å². The lowest BCUT2D eigenvalue weighted by Crippen LogP contribution is -3.15. The van der Waals surface area contributed by atoms with E-state index in [2.05, 4.69) is 56.3 Å². The van der Waals surface area contributed by atoms with Crippen LogP contribution in [0, 0.1) is 0 Å². The standard InChI is InChI=1S/C21H27NO2/c1-17-15-22(16-18(2)24-17)13-8-14-23-21-12-7-6-11-20(21)19-9-4-3-5-10-19/h3-7,9-12,17-18H,8,13-16H2,1-2H3/p+1/t17-,18+. The highest BCUT2D eigenvalue weighted by molar-refractivity contribution is 5.70. The normalized spacial score (nSPS) is 23.8. The average molecular weight is 326 g/mol. The maximum atomic E-state index is 6.09. The molecule has 1 aliphatic heterocycles. The first kappa shape index (κ1) is 17.0. The molecule has 3 rings (SSSR count). The molecule has 3 heteroatoms. The Morgan fingerprint density at radius 1 is 0.958 bits per heavy atom. The first-order valence-electron chi connectivity index (χ1n) is 8.98. The molecule has 0 radical (unpaired) electrons. The Labute approximate surface area is 145 Å². The number of nitrogens with one attached hydrogen (secondary N) is 1. The van der Waals surface area contributed by atoms with Crippen molar-refractivity contribution < 1.29 is 14.4 Å². The largest absolute Gasteiger partial charge is 0.493 e. The van der Waals surface area contributed by atoms with Crippen LogP contribution in [0.1, 0.15) is 20.3 Å². The highest BCUT2D eigenvalue weighted by Crippen LogP contribution is 2.29. The van der Waals surface area contributed by atoms with E-state index >= 15 is 0 Å². The molecule has 0 amide bonds. The third kappa shape index (κ3) is 4.59. The summed E-state index contributed by atoms with van der Waals surface area (Å²) in [5.41, 5.74) is 2.37. The van der Waals surface area contributed by atoms with E-state index in [0.29, 0.717) is 12.2 Å². The molecule has 1 unspecified atom stereocenters. The van der Waals surface area contributed by atoms with E-state index < -0.39 is 0 Å².